The van der Waals surface area contributed by atoms with Crippen molar-refractivity contribution in [3.8, 4) is 0 Å². The van der Waals surface area contributed by atoms with Crippen LogP contribution in [0.15, 0.2) is 23.1 Å². The van der Waals surface area contributed by atoms with Gasteiger partial charge in [0.2, 0.25) is 5.92 Å². The molecule has 5 rings (SSSR count). The molecule has 2 aliphatic rings. The predicted octanol–water partition coefficient (Wildman–Crippen LogP) is 4.58. The Kier molecular flexibility index (Phi) is 8.05. The number of fused-ring (bicyclic) bond motifs is 3. The molecule has 3 heterocycles. The van der Waals surface area contributed by atoms with Crippen LogP contribution in [-0.2, 0) is 11.3 Å². The number of H-pyrrole nitrogens is 1. The number of halogens is 2. The lowest BCUT2D eigenvalue weighted by atomic mass is 9.87. The monoisotopic (exact) mass is 543 g/mol. The standard InChI is InChI=1S/C29H39F2N5O3/c1-19-14-25-23(15-22(19)28(38)35-12-11-34(20(2)17-35)10-4-5-13-39-3)26-24(27(37)33-25)16-32-36(26)18-21-6-8-29(30,31)9-7-21/h14-16,20-21H,4-13,17-18H2,1-3H3,(H,33,37)/t20-/m1/s1. The van der Waals surface area contributed by atoms with Crippen LogP contribution < -0.4 is 5.56 Å². The minimum absolute atomic E-state index is 0.0137. The van der Waals surface area contributed by atoms with Crippen LogP contribution in [0.2, 0.25) is 0 Å². The van der Waals surface area contributed by atoms with Crippen LogP contribution in [0.25, 0.3) is 21.8 Å². The molecule has 0 unspecified atom stereocenters. The maximum absolute atomic E-state index is 13.7. The number of alkyl halides is 2. The highest BCUT2D eigenvalue weighted by Gasteiger charge is 2.35. The highest BCUT2D eigenvalue weighted by molar-refractivity contribution is 6.07. The van der Waals surface area contributed by atoms with E-state index in [1.165, 1.54) is 0 Å². The molecular weight excluding hydrogens is 504 g/mol. The van der Waals surface area contributed by atoms with Gasteiger partial charge in [0.15, 0.2) is 0 Å². The number of piperazine rings is 1. The first-order valence-corrected chi connectivity index (χ1v) is 14.1. The molecule has 1 N–H and O–H groups in total. The van der Waals surface area contributed by atoms with Gasteiger partial charge in [0.25, 0.3) is 11.5 Å². The Morgan fingerprint density at radius 1 is 1.18 bits per heavy atom. The molecule has 0 bridgehead atoms. The summed E-state index contributed by atoms with van der Waals surface area (Å²) in [6.45, 7) is 8.44. The summed E-state index contributed by atoms with van der Waals surface area (Å²) in [5.41, 5.74) is 2.48. The Labute approximate surface area is 227 Å². The number of hydrogen-bond acceptors (Lipinski definition) is 5. The molecule has 1 saturated heterocycles. The first-order valence-electron chi connectivity index (χ1n) is 14.1. The van der Waals surface area contributed by atoms with Gasteiger partial charge >= 0.3 is 0 Å². The average Bonchev–Trinajstić information content (AvgIpc) is 3.32. The number of ether oxygens (including phenoxy) is 1. The van der Waals surface area contributed by atoms with Gasteiger partial charge in [-0.25, -0.2) is 8.78 Å². The molecule has 0 spiro atoms. The van der Waals surface area contributed by atoms with E-state index in [0.29, 0.717) is 54.5 Å². The van der Waals surface area contributed by atoms with E-state index in [1.54, 1.807) is 18.0 Å². The van der Waals surface area contributed by atoms with E-state index in [-0.39, 0.29) is 36.3 Å². The maximum Gasteiger partial charge on any atom is 0.259 e. The number of methoxy groups -OCH3 is 1. The van der Waals surface area contributed by atoms with Crippen molar-refractivity contribution >= 4 is 27.7 Å². The second-order valence-electron chi connectivity index (χ2n) is 11.4. The number of nitrogens with zero attached hydrogens (tertiary/aromatic N) is 4. The number of carbonyl (C=O) groups excluding carboxylic acids is 1. The van der Waals surface area contributed by atoms with Gasteiger partial charge in [-0.05, 0) is 69.7 Å². The number of aromatic nitrogens is 3. The number of rotatable bonds is 8. The first kappa shape index (κ1) is 27.7. The lowest BCUT2D eigenvalue weighted by Gasteiger charge is -2.40. The molecule has 1 atom stereocenters. The number of benzene rings is 1. The van der Waals surface area contributed by atoms with Crippen molar-refractivity contribution in [1.82, 2.24) is 24.6 Å². The van der Waals surface area contributed by atoms with Crippen LogP contribution in [-0.4, -0.2) is 82.3 Å². The summed E-state index contributed by atoms with van der Waals surface area (Å²) in [6, 6.07) is 4.00. The second kappa shape index (κ2) is 11.3. The van der Waals surface area contributed by atoms with Crippen LogP contribution in [0.4, 0.5) is 8.78 Å². The van der Waals surface area contributed by atoms with Gasteiger partial charge < -0.3 is 14.6 Å². The van der Waals surface area contributed by atoms with Gasteiger partial charge in [-0.15, -0.1) is 0 Å². The molecule has 1 aromatic carbocycles. The minimum atomic E-state index is -2.59. The molecule has 0 radical (unpaired) electrons. The zero-order chi connectivity index (χ0) is 27.7. The quantitative estimate of drug-likeness (QED) is 0.421. The van der Waals surface area contributed by atoms with E-state index in [9.17, 15) is 18.4 Å². The normalized spacial score (nSPS) is 20.7. The van der Waals surface area contributed by atoms with Gasteiger partial charge in [-0.2, -0.15) is 5.10 Å². The summed E-state index contributed by atoms with van der Waals surface area (Å²) in [5, 5.41) is 5.68. The number of aromatic amines is 1. The van der Waals surface area contributed by atoms with Crippen LogP contribution in [0, 0.1) is 12.8 Å². The van der Waals surface area contributed by atoms with Crippen molar-refractivity contribution in [2.75, 3.05) is 39.9 Å². The fourth-order valence-corrected chi connectivity index (χ4v) is 6.17. The SMILES string of the molecule is COCCCCN1CCN(C(=O)c2cc3c(cc2C)[nH]c(=O)c2cnn(CC4CCC(F)(F)CC4)c23)C[C@H]1C. The summed E-state index contributed by atoms with van der Waals surface area (Å²) >= 11 is 0. The van der Waals surface area contributed by atoms with Crippen LogP contribution in [0.5, 0.6) is 0 Å². The fraction of sp³-hybridized carbons (Fsp3) is 0.621. The van der Waals surface area contributed by atoms with Crippen LogP contribution >= 0.6 is 0 Å². The number of unbranched alkanes of at least 4 members (excludes halogenated alkanes) is 1. The molecule has 39 heavy (non-hydrogen) atoms. The topological polar surface area (TPSA) is 83.5 Å². The minimum Gasteiger partial charge on any atom is -0.385 e. The summed E-state index contributed by atoms with van der Waals surface area (Å²) in [4.78, 5) is 33.9. The fourth-order valence-electron chi connectivity index (χ4n) is 6.17. The Bertz CT molecular complexity index is 1390. The molecule has 1 amide bonds. The van der Waals surface area contributed by atoms with E-state index in [4.69, 9.17) is 4.74 Å². The molecule has 8 nitrogen and oxygen atoms in total. The molecule has 1 aliphatic heterocycles. The number of carbonyl (C=O) groups is 1. The molecule has 3 aromatic rings. The zero-order valence-electron chi connectivity index (χ0n) is 23.1. The van der Waals surface area contributed by atoms with Gasteiger partial charge in [0, 0.05) is 69.7 Å². The van der Waals surface area contributed by atoms with Crippen molar-refractivity contribution < 1.29 is 18.3 Å². The number of pyridine rings is 1. The average molecular weight is 544 g/mol. The van der Waals surface area contributed by atoms with Gasteiger partial charge in [-0.1, -0.05) is 0 Å². The van der Waals surface area contributed by atoms with Crippen molar-refractivity contribution in [2.24, 2.45) is 5.92 Å². The predicted molar refractivity (Wildman–Crippen MR) is 148 cm³/mol. The number of nitrogens with one attached hydrogen (secondary N) is 1. The molecule has 1 aliphatic carbocycles. The highest BCUT2D eigenvalue weighted by atomic mass is 19.3. The molecule has 2 aromatic heterocycles. The van der Waals surface area contributed by atoms with Crippen molar-refractivity contribution in [2.45, 2.75) is 70.9 Å². The molecule has 10 heteroatoms. The third-order valence-corrected chi connectivity index (χ3v) is 8.55. The number of amides is 1. The maximum atomic E-state index is 13.7. The van der Waals surface area contributed by atoms with Crippen molar-refractivity contribution in [1.29, 1.82) is 0 Å². The van der Waals surface area contributed by atoms with Crippen molar-refractivity contribution in [3.63, 3.8) is 0 Å². The Balaban J connectivity index is 1.40. The van der Waals surface area contributed by atoms with E-state index in [0.717, 1.165) is 43.5 Å². The first-order chi connectivity index (χ1) is 18.7. The zero-order valence-corrected chi connectivity index (χ0v) is 23.1. The Morgan fingerprint density at radius 2 is 1.95 bits per heavy atom. The Morgan fingerprint density at radius 3 is 2.67 bits per heavy atom. The van der Waals surface area contributed by atoms with E-state index in [2.05, 4.69) is 21.9 Å². The van der Waals surface area contributed by atoms with Crippen LogP contribution in [0.3, 0.4) is 0 Å². The summed E-state index contributed by atoms with van der Waals surface area (Å²) in [5.74, 6) is -2.53. The summed E-state index contributed by atoms with van der Waals surface area (Å²) < 4.78 is 34.3. The van der Waals surface area contributed by atoms with E-state index in [1.807, 2.05) is 24.0 Å². The molecular formula is C29H39F2N5O3. The van der Waals surface area contributed by atoms with Gasteiger partial charge in [0.1, 0.15) is 0 Å². The van der Waals surface area contributed by atoms with Crippen molar-refractivity contribution in [3.05, 3.63) is 39.8 Å². The highest BCUT2D eigenvalue weighted by Crippen LogP contribution is 2.37. The molecule has 1 saturated carbocycles. The summed E-state index contributed by atoms with van der Waals surface area (Å²) in [7, 11) is 1.72. The van der Waals surface area contributed by atoms with E-state index >= 15 is 0 Å². The second-order valence-corrected chi connectivity index (χ2v) is 11.4. The molecule has 212 valence electrons. The lowest BCUT2D eigenvalue weighted by molar-refractivity contribution is -0.0475. The third-order valence-electron chi connectivity index (χ3n) is 8.55. The smallest absolute Gasteiger partial charge is 0.259 e. The summed E-state index contributed by atoms with van der Waals surface area (Å²) in [6.07, 6.45) is 4.26. The third kappa shape index (κ3) is 5.87. The lowest BCUT2D eigenvalue weighted by Crippen LogP contribution is -2.53. The van der Waals surface area contributed by atoms with E-state index < -0.39 is 5.92 Å². The number of aryl methyl sites for hydroxylation is 1. The Hall–Kier alpha value is -2.85. The number of hydrogen-bond donors (Lipinski definition) is 1. The largest absolute Gasteiger partial charge is 0.385 e. The van der Waals surface area contributed by atoms with Gasteiger partial charge in [-0.3, -0.25) is 19.2 Å². The van der Waals surface area contributed by atoms with Gasteiger partial charge in [0.05, 0.1) is 22.6 Å². The molecule has 2 fully saturated rings. The van der Waals surface area contributed by atoms with Crippen LogP contribution in [0.1, 0.15) is 61.4 Å².